The van der Waals surface area contributed by atoms with Crippen LogP contribution in [0.4, 0.5) is 0 Å². The first-order valence-electron chi connectivity index (χ1n) is 5.77. The Bertz CT molecular complexity index is 325. The summed E-state index contributed by atoms with van der Waals surface area (Å²) in [5, 5.41) is 2.55. The smallest absolute Gasteiger partial charge is 0.325 e. The third-order valence-corrected chi connectivity index (χ3v) is 3.45. The van der Waals surface area contributed by atoms with Gasteiger partial charge in [0.05, 0.1) is 17.0 Å². The van der Waals surface area contributed by atoms with Gasteiger partial charge in [0.1, 0.15) is 6.54 Å². The summed E-state index contributed by atoms with van der Waals surface area (Å²) in [6.45, 7) is 1.89. The minimum absolute atomic E-state index is 0.128. The second kappa shape index (κ2) is 5.95. The molecular formula is C11H18N2O3S. The van der Waals surface area contributed by atoms with Crippen LogP contribution in [-0.2, 0) is 14.3 Å². The number of nitrogens with one attached hydrogen (secondary N) is 1. The van der Waals surface area contributed by atoms with Crippen molar-refractivity contribution in [2.45, 2.75) is 32.6 Å². The SMILES string of the molecule is CCOC(=O)CNC(=O)C1(C(N)=S)CCCC1. The summed E-state index contributed by atoms with van der Waals surface area (Å²) >= 11 is 4.98. The van der Waals surface area contributed by atoms with Gasteiger partial charge in [0, 0.05) is 0 Å². The van der Waals surface area contributed by atoms with Gasteiger partial charge in [-0.2, -0.15) is 0 Å². The van der Waals surface area contributed by atoms with E-state index in [-0.39, 0.29) is 17.4 Å². The highest BCUT2D eigenvalue weighted by molar-refractivity contribution is 7.80. The molecule has 1 aliphatic carbocycles. The molecule has 0 aromatic heterocycles. The Labute approximate surface area is 106 Å². The predicted molar refractivity (Wildman–Crippen MR) is 67.3 cm³/mol. The predicted octanol–water partition coefficient (Wildman–Crippen LogP) is 0.512. The number of carbonyl (C=O) groups is 2. The molecule has 1 rings (SSSR count). The number of hydrogen-bond acceptors (Lipinski definition) is 4. The summed E-state index contributed by atoms with van der Waals surface area (Å²) < 4.78 is 4.73. The summed E-state index contributed by atoms with van der Waals surface area (Å²) in [7, 11) is 0. The summed E-state index contributed by atoms with van der Waals surface area (Å²) in [6.07, 6.45) is 3.20. The number of hydrogen-bond donors (Lipinski definition) is 2. The summed E-state index contributed by atoms with van der Waals surface area (Å²) in [6, 6.07) is 0. The lowest BCUT2D eigenvalue weighted by atomic mass is 9.85. The number of rotatable bonds is 5. The maximum Gasteiger partial charge on any atom is 0.325 e. The largest absolute Gasteiger partial charge is 0.465 e. The van der Waals surface area contributed by atoms with Crippen molar-refractivity contribution in [2.75, 3.05) is 13.2 Å². The van der Waals surface area contributed by atoms with E-state index < -0.39 is 11.4 Å². The molecule has 5 nitrogen and oxygen atoms in total. The molecule has 6 heteroatoms. The molecule has 96 valence electrons. The number of thiocarbonyl (C=S) groups is 1. The quantitative estimate of drug-likeness (QED) is 0.555. The third kappa shape index (κ3) is 3.15. The van der Waals surface area contributed by atoms with E-state index in [1.165, 1.54) is 0 Å². The van der Waals surface area contributed by atoms with Gasteiger partial charge in [-0.05, 0) is 19.8 Å². The number of esters is 1. The Morgan fingerprint density at radius 1 is 1.41 bits per heavy atom. The van der Waals surface area contributed by atoms with Crippen LogP contribution in [0, 0.1) is 5.41 Å². The first kappa shape index (κ1) is 13.9. The van der Waals surface area contributed by atoms with Crippen LogP contribution in [0.25, 0.3) is 0 Å². The number of ether oxygens (including phenoxy) is 1. The van der Waals surface area contributed by atoms with Crippen LogP contribution in [0.1, 0.15) is 32.6 Å². The van der Waals surface area contributed by atoms with E-state index in [2.05, 4.69) is 5.32 Å². The van der Waals surface area contributed by atoms with E-state index in [9.17, 15) is 9.59 Å². The second-order valence-electron chi connectivity index (χ2n) is 4.14. The molecule has 1 amide bonds. The first-order valence-corrected chi connectivity index (χ1v) is 6.17. The molecular weight excluding hydrogens is 240 g/mol. The van der Waals surface area contributed by atoms with Crippen LogP contribution in [0.15, 0.2) is 0 Å². The van der Waals surface area contributed by atoms with Crippen LogP contribution >= 0.6 is 12.2 Å². The Hall–Kier alpha value is -1.17. The molecule has 0 aromatic rings. The molecule has 0 radical (unpaired) electrons. The fourth-order valence-corrected chi connectivity index (χ4v) is 2.39. The van der Waals surface area contributed by atoms with Crippen molar-refractivity contribution in [1.29, 1.82) is 0 Å². The fraction of sp³-hybridized carbons (Fsp3) is 0.727. The highest BCUT2D eigenvalue weighted by Crippen LogP contribution is 2.38. The molecule has 17 heavy (non-hydrogen) atoms. The van der Waals surface area contributed by atoms with Crippen molar-refractivity contribution >= 4 is 29.1 Å². The molecule has 0 aliphatic heterocycles. The molecule has 1 fully saturated rings. The Kier molecular flexibility index (Phi) is 4.86. The maximum atomic E-state index is 12.0. The number of nitrogens with two attached hydrogens (primary N) is 1. The summed E-state index contributed by atoms with van der Waals surface area (Å²) in [5.74, 6) is -0.701. The molecule has 0 aromatic carbocycles. The van der Waals surface area contributed by atoms with Crippen molar-refractivity contribution < 1.29 is 14.3 Å². The molecule has 0 spiro atoms. The van der Waals surface area contributed by atoms with E-state index in [1.807, 2.05) is 0 Å². The minimum Gasteiger partial charge on any atom is -0.465 e. The lowest BCUT2D eigenvalue weighted by Gasteiger charge is -2.25. The zero-order chi connectivity index (χ0) is 12.9. The van der Waals surface area contributed by atoms with Crippen molar-refractivity contribution in [3.05, 3.63) is 0 Å². The van der Waals surface area contributed by atoms with E-state index in [1.54, 1.807) is 6.92 Å². The van der Waals surface area contributed by atoms with Gasteiger partial charge in [-0.1, -0.05) is 25.1 Å². The van der Waals surface area contributed by atoms with Crippen LogP contribution in [0.2, 0.25) is 0 Å². The van der Waals surface area contributed by atoms with Gasteiger partial charge in [-0.25, -0.2) is 0 Å². The van der Waals surface area contributed by atoms with Crippen LogP contribution in [0.5, 0.6) is 0 Å². The lowest BCUT2D eigenvalue weighted by Crippen LogP contribution is -2.48. The van der Waals surface area contributed by atoms with E-state index >= 15 is 0 Å². The average Bonchev–Trinajstić information content (AvgIpc) is 2.76. The van der Waals surface area contributed by atoms with E-state index in [0.717, 1.165) is 12.8 Å². The van der Waals surface area contributed by atoms with Gasteiger partial charge in [-0.15, -0.1) is 0 Å². The van der Waals surface area contributed by atoms with Gasteiger partial charge in [-0.3, -0.25) is 9.59 Å². The van der Waals surface area contributed by atoms with Crippen LogP contribution in [-0.4, -0.2) is 30.0 Å². The third-order valence-electron chi connectivity index (χ3n) is 3.06. The monoisotopic (exact) mass is 258 g/mol. The molecule has 0 unspecified atom stereocenters. The van der Waals surface area contributed by atoms with Crippen molar-refractivity contribution in [3.8, 4) is 0 Å². The zero-order valence-electron chi connectivity index (χ0n) is 9.95. The number of amides is 1. The molecule has 1 aliphatic rings. The van der Waals surface area contributed by atoms with Gasteiger partial charge >= 0.3 is 5.97 Å². The van der Waals surface area contributed by atoms with Crippen LogP contribution in [0.3, 0.4) is 0 Å². The number of carbonyl (C=O) groups excluding carboxylic acids is 2. The van der Waals surface area contributed by atoms with E-state index in [4.69, 9.17) is 22.7 Å². The maximum absolute atomic E-state index is 12.0. The standard InChI is InChI=1S/C11H18N2O3S/c1-2-16-8(14)7-13-10(15)11(9(12)17)5-3-4-6-11/h2-7H2,1H3,(H2,12,17)(H,13,15). The van der Waals surface area contributed by atoms with Crippen molar-refractivity contribution in [3.63, 3.8) is 0 Å². The second-order valence-corrected chi connectivity index (χ2v) is 4.58. The highest BCUT2D eigenvalue weighted by Gasteiger charge is 2.43. The first-order chi connectivity index (χ1) is 8.03. The lowest BCUT2D eigenvalue weighted by molar-refractivity contribution is -0.144. The highest BCUT2D eigenvalue weighted by atomic mass is 32.1. The fourth-order valence-electron chi connectivity index (χ4n) is 2.10. The molecule has 0 atom stereocenters. The molecule has 3 N–H and O–H groups in total. The molecule has 0 heterocycles. The molecule has 0 bridgehead atoms. The summed E-state index contributed by atoms with van der Waals surface area (Å²) in [4.78, 5) is 23.4. The van der Waals surface area contributed by atoms with Gasteiger partial charge in [0.25, 0.3) is 0 Å². The van der Waals surface area contributed by atoms with E-state index in [0.29, 0.717) is 19.4 Å². The van der Waals surface area contributed by atoms with Gasteiger partial charge < -0.3 is 15.8 Å². The average molecular weight is 258 g/mol. The van der Waals surface area contributed by atoms with Crippen LogP contribution < -0.4 is 11.1 Å². The topological polar surface area (TPSA) is 81.4 Å². The summed E-state index contributed by atoms with van der Waals surface area (Å²) in [5.41, 5.74) is 4.89. The van der Waals surface area contributed by atoms with Gasteiger partial charge in [0.15, 0.2) is 0 Å². The Morgan fingerprint density at radius 2 is 2.00 bits per heavy atom. The van der Waals surface area contributed by atoms with Gasteiger partial charge in [0.2, 0.25) is 5.91 Å². The Balaban J connectivity index is 2.56. The molecule has 0 saturated heterocycles. The zero-order valence-corrected chi connectivity index (χ0v) is 10.8. The Morgan fingerprint density at radius 3 is 2.47 bits per heavy atom. The van der Waals surface area contributed by atoms with Crippen molar-refractivity contribution in [2.24, 2.45) is 11.1 Å². The molecule has 1 saturated carbocycles. The normalized spacial score (nSPS) is 17.5. The minimum atomic E-state index is -0.762. The van der Waals surface area contributed by atoms with Crippen molar-refractivity contribution in [1.82, 2.24) is 5.32 Å².